The number of anilines is 1. The molecule has 0 aliphatic carbocycles. The maximum Gasteiger partial charge on any atom is 0.410 e. The molecule has 3 aromatic heterocycles. The van der Waals surface area contributed by atoms with Gasteiger partial charge in [0.1, 0.15) is 11.4 Å². The van der Waals surface area contributed by atoms with E-state index in [4.69, 9.17) is 19.6 Å². The molecule has 0 saturated carbocycles. The van der Waals surface area contributed by atoms with Crippen molar-refractivity contribution in [3.63, 3.8) is 0 Å². The van der Waals surface area contributed by atoms with Gasteiger partial charge in [-0.25, -0.2) is 24.2 Å². The van der Waals surface area contributed by atoms with Gasteiger partial charge in [0, 0.05) is 31.4 Å². The van der Waals surface area contributed by atoms with Crippen LogP contribution in [0.1, 0.15) is 55.8 Å². The molecule has 1 amide bonds. The van der Waals surface area contributed by atoms with Crippen LogP contribution in [0.4, 0.5) is 10.6 Å². The number of aromatic carboxylic acids is 1. The molecule has 1 N–H and O–H groups in total. The predicted octanol–water partition coefficient (Wildman–Crippen LogP) is 5.09. The van der Waals surface area contributed by atoms with E-state index in [9.17, 15) is 14.7 Å². The van der Waals surface area contributed by atoms with Crippen molar-refractivity contribution >= 4 is 28.9 Å². The van der Waals surface area contributed by atoms with Crippen LogP contribution < -0.4 is 4.90 Å². The van der Waals surface area contributed by atoms with Gasteiger partial charge in [-0.2, -0.15) is 5.10 Å². The first-order chi connectivity index (χ1) is 20.2. The average molecular weight is 571 g/mol. The molecule has 2 fully saturated rings. The Morgan fingerprint density at radius 3 is 2.48 bits per heavy atom. The third-order valence-electron chi connectivity index (χ3n) is 7.48. The van der Waals surface area contributed by atoms with Gasteiger partial charge in [-0.1, -0.05) is 18.2 Å². The van der Waals surface area contributed by atoms with Gasteiger partial charge in [0.25, 0.3) is 0 Å². The molecular weight excluding hydrogens is 536 g/mol. The molecule has 11 heteroatoms. The highest BCUT2D eigenvalue weighted by Crippen LogP contribution is 2.41. The van der Waals surface area contributed by atoms with Gasteiger partial charge in [0.2, 0.25) is 0 Å². The van der Waals surface area contributed by atoms with Gasteiger partial charge in [0.05, 0.1) is 36.0 Å². The smallest absolute Gasteiger partial charge is 0.410 e. The van der Waals surface area contributed by atoms with Crippen LogP contribution >= 0.6 is 0 Å². The van der Waals surface area contributed by atoms with Gasteiger partial charge < -0.3 is 19.5 Å². The molecule has 2 aliphatic rings. The van der Waals surface area contributed by atoms with Crippen LogP contribution in [0.2, 0.25) is 0 Å². The first-order valence-corrected chi connectivity index (χ1v) is 14.2. The molecule has 218 valence electrons. The number of nitrogens with zero attached hydrogens (tertiary/aromatic N) is 6. The monoisotopic (exact) mass is 570 g/mol. The molecule has 2 saturated heterocycles. The normalized spacial score (nSPS) is 17.5. The van der Waals surface area contributed by atoms with Crippen LogP contribution in [0.25, 0.3) is 27.8 Å². The zero-order valence-corrected chi connectivity index (χ0v) is 24.0. The highest BCUT2D eigenvalue weighted by molar-refractivity contribution is 6.00. The molecule has 0 radical (unpaired) electrons. The topological polar surface area (TPSA) is 123 Å². The van der Waals surface area contributed by atoms with Crippen LogP contribution in [-0.4, -0.2) is 80.3 Å². The summed E-state index contributed by atoms with van der Waals surface area (Å²) in [5, 5.41) is 15.7. The highest BCUT2D eigenvalue weighted by atomic mass is 16.6. The average Bonchev–Trinajstić information content (AvgIpc) is 3.62. The molecule has 2 aliphatic heterocycles. The third-order valence-corrected chi connectivity index (χ3v) is 7.48. The summed E-state index contributed by atoms with van der Waals surface area (Å²) in [4.78, 5) is 38.8. The van der Waals surface area contributed by atoms with Crippen LogP contribution in [0.15, 0.2) is 54.7 Å². The SMILES string of the molecule is CC(C)(C)OC(=O)N1CCCC1c1nn(-c2ccccc2)c2nc(C(=O)O)cc(-c3ccc(N4CCOCC4)nc3)c12. The van der Waals surface area contributed by atoms with Crippen molar-refractivity contribution in [3.05, 3.63) is 66.1 Å². The first-order valence-electron chi connectivity index (χ1n) is 14.2. The summed E-state index contributed by atoms with van der Waals surface area (Å²) in [6, 6.07) is 14.6. The minimum Gasteiger partial charge on any atom is -0.477 e. The number of rotatable bonds is 5. The number of para-hydroxylation sites is 1. The standard InChI is InChI=1S/C31H34N6O5/c1-31(2,3)42-30(40)36-13-7-10-24(36)27-26-22(20-11-12-25(32-19-20)35-14-16-41-17-15-35)18-23(29(38)39)33-28(26)37(34-27)21-8-5-4-6-9-21/h4-6,8-9,11-12,18-19,24H,7,10,13-17H2,1-3H3,(H,38,39). The number of likely N-dealkylation sites (tertiary alicyclic amines) is 1. The lowest BCUT2D eigenvalue weighted by atomic mass is 9.99. The number of carbonyl (C=O) groups excluding carboxylic acids is 1. The molecule has 6 rings (SSSR count). The first kappa shape index (κ1) is 27.6. The van der Waals surface area contributed by atoms with Crippen molar-refractivity contribution in [1.29, 1.82) is 0 Å². The number of pyridine rings is 2. The van der Waals surface area contributed by atoms with Crippen molar-refractivity contribution < 1.29 is 24.2 Å². The molecular formula is C31H34N6O5. The van der Waals surface area contributed by atoms with E-state index in [1.807, 2.05) is 63.2 Å². The molecule has 5 heterocycles. The maximum atomic E-state index is 13.3. The van der Waals surface area contributed by atoms with Gasteiger partial charge in [0.15, 0.2) is 11.3 Å². The van der Waals surface area contributed by atoms with E-state index in [0.717, 1.165) is 36.6 Å². The number of carboxylic acids is 1. The Bertz CT molecular complexity index is 1610. The van der Waals surface area contributed by atoms with Crippen LogP contribution in [-0.2, 0) is 9.47 Å². The number of fused-ring (bicyclic) bond motifs is 1. The van der Waals surface area contributed by atoms with Crippen molar-refractivity contribution in [2.45, 2.75) is 45.3 Å². The predicted molar refractivity (Wildman–Crippen MR) is 157 cm³/mol. The fourth-order valence-electron chi connectivity index (χ4n) is 5.58. The van der Waals surface area contributed by atoms with E-state index in [1.54, 1.807) is 21.8 Å². The van der Waals surface area contributed by atoms with Crippen LogP contribution in [0.3, 0.4) is 0 Å². The van der Waals surface area contributed by atoms with E-state index in [0.29, 0.717) is 48.5 Å². The van der Waals surface area contributed by atoms with E-state index in [-0.39, 0.29) is 11.7 Å². The number of aromatic nitrogens is 4. The Kier molecular flexibility index (Phi) is 7.28. The zero-order valence-electron chi connectivity index (χ0n) is 24.0. The van der Waals surface area contributed by atoms with E-state index in [2.05, 4.69) is 9.88 Å². The number of carboxylic acid groups (broad SMARTS) is 1. The summed E-state index contributed by atoms with van der Waals surface area (Å²) in [6.07, 6.45) is 2.83. The molecule has 1 unspecified atom stereocenters. The van der Waals surface area contributed by atoms with Gasteiger partial charge >= 0.3 is 12.1 Å². The summed E-state index contributed by atoms with van der Waals surface area (Å²) in [5.74, 6) is -0.312. The summed E-state index contributed by atoms with van der Waals surface area (Å²) in [7, 11) is 0. The van der Waals surface area contributed by atoms with E-state index >= 15 is 0 Å². The largest absolute Gasteiger partial charge is 0.477 e. The number of carbonyl (C=O) groups is 2. The Morgan fingerprint density at radius 2 is 1.81 bits per heavy atom. The molecule has 1 aromatic carbocycles. The quantitative estimate of drug-likeness (QED) is 0.350. The molecule has 0 bridgehead atoms. The summed E-state index contributed by atoms with van der Waals surface area (Å²) >= 11 is 0. The second-order valence-electron chi connectivity index (χ2n) is 11.5. The van der Waals surface area contributed by atoms with Crippen molar-refractivity contribution in [2.24, 2.45) is 0 Å². The number of hydrogen-bond donors (Lipinski definition) is 1. The van der Waals surface area contributed by atoms with Crippen molar-refractivity contribution in [3.8, 4) is 16.8 Å². The van der Waals surface area contributed by atoms with Crippen molar-refractivity contribution in [2.75, 3.05) is 37.7 Å². The van der Waals surface area contributed by atoms with E-state index in [1.165, 1.54) is 0 Å². The number of hydrogen-bond acceptors (Lipinski definition) is 8. The second kappa shape index (κ2) is 11.1. The Balaban J connectivity index is 1.54. The lowest BCUT2D eigenvalue weighted by molar-refractivity contribution is 0.0222. The Morgan fingerprint density at radius 1 is 1.05 bits per heavy atom. The molecule has 4 aromatic rings. The summed E-state index contributed by atoms with van der Waals surface area (Å²) in [6.45, 7) is 8.87. The fourth-order valence-corrected chi connectivity index (χ4v) is 5.58. The maximum absolute atomic E-state index is 13.3. The second-order valence-corrected chi connectivity index (χ2v) is 11.5. The fraction of sp³-hybridized carbons (Fsp3) is 0.387. The number of morpholine rings is 1. The zero-order chi connectivity index (χ0) is 29.4. The number of ether oxygens (including phenoxy) is 2. The van der Waals surface area contributed by atoms with Gasteiger partial charge in [-0.3, -0.25) is 4.90 Å². The lowest BCUT2D eigenvalue weighted by Gasteiger charge is -2.28. The van der Waals surface area contributed by atoms with Crippen LogP contribution in [0, 0.1) is 0 Å². The third kappa shape index (κ3) is 5.39. The number of benzene rings is 1. The molecule has 11 nitrogen and oxygen atoms in total. The minimum atomic E-state index is -1.14. The number of amides is 1. The Labute approximate surface area is 243 Å². The minimum absolute atomic E-state index is 0.103. The highest BCUT2D eigenvalue weighted by Gasteiger charge is 2.37. The molecule has 0 spiro atoms. The molecule has 42 heavy (non-hydrogen) atoms. The van der Waals surface area contributed by atoms with Crippen molar-refractivity contribution in [1.82, 2.24) is 24.6 Å². The summed E-state index contributed by atoms with van der Waals surface area (Å²) < 4.78 is 12.9. The summed E-state index contributed by atoms with van der Waals surface area (Å²) in [5.41, 5.74) is 2.41. The van der Waals surface area contributed by atoms with Gasteiger partial charge in [-0.15, -0.1) is 0 Å². The Hall–Kier alpha value is -4.51. The van der Waals surface area contributed by atoms with Crippen LogP contribution in [0.5, 0.6) is 0 Å². The molecule has 1 atom stereocenters. The van der Waals surface area contributed by atoms with Gasteiger partial charge in [-0.05, 0) is 69.5 Å². The van der Waals surface area contributed by atoms with E-state index < -0.39 is 17.7 Å². The lowest BCUT2D eigenvalue weighted by Crippen LogP contribution is -2.36.